The molecule has 0 aliphatic heterocycles. The highest BCUT2D eigenvalue weighted by molar-refractivity contribution is 7.89. The van der Waals surface area contributed by atoms with Gasteiger partial charge in [0.1, 0.15) is 0 Å². The molecule has 120 valence electrons. The van der Waals surface area contributed by atoms with E-state index < -0.39 is 29.0 Å². The number of carbonyl (C=O) groups is 1. The van der Waals surface area contributed by atoms with Crippen molar-refractivity contribution in [1.82, 2.24) is 4.72 Å². The van der Waals surface area contributed by atoms with Crippen LogP contribution >= 0.6 is 12.4 Å². The number of rotatable bonds is 7. The number of Topliss-reactive ketones (excluding diaryl/α,β-unsaturated/α-hetero) is 1. The van der Waals surface area contributed by atoms with Crippen LogP contribution in [0.2, 0.25) is 0 Å². The third-order valence-electron chi connectivity index (χ3n) is 2.61. The van der Waals surface area contributed by atoms with E-state index in [0.29, 0.717) is 0 Å². The molecule has 0 saturated heterocycles. The van der Waals surface area contributed by atoms with Crippen LogP contribution in [0.5, 0.6) is 0 Å². The fourth-order valence-electron chi connectivity index (χ4n) is 1.40. The van der Waals surface area contributed by atoms with Gasteiger partial charge in [0.2, 0.25) is 10.0 Å². The molecule has 21 heavy (non-hydrogen) atoms. The first-order chi connectivity index (χ1) is 9.22. The van der Waals surface area contributed by atoms with Gasteiger partial charge in [0.15, 0.2) is 5.78 Å². The highest BCUT2D eigenvalue weighted by atomic mass is 35.5. The number of nitrogens with two attached hydrogens (primary N) is 1. The molecule has 9 heteroatoms. The highest BCUT2D eigenvalue weighted by Crippen LogP contribution is 2.15. The summed E-state index contributed by atoms with van der Waals surface area (Å²) in [6.45, 7) is -0.398. The Balaban J connectivity index is 0.00000400. The molecule has 0 atom stereocenters. The highest BCUT2D eigenvalue weighted by Gasteiger charge is 2.29. The van der Waals surface area contributed by atoms with Gasteiger partial charge in [-0.15, -0.1) is 12.4 Å². The lowest BCUT2D eigenvalue weighted by Crippen LogP contribution is -2.41. The van der Waals surface area contributed by atoms with Gasteiger partial charge < -0.3 is 5.73 Å². The van der Waals surface area contributed by atoms with Gasteiger partial charge in [-0.3, -0.25) is 4.79 Å². The maximum atomic E-state index is 13.0. The topological polar surface area (TPSA) is 89.3 Å². The van der Waals surface area contributed by atoms with Gasteiger partial charge in [0.25, 0.3) is 5.92 Å². The first kappa shape index (κ1) is 19.9. The summed E-state index contributed by atoms with van der Waals surface area (Å²) < 4.78 is 51.4. The fourth-order valence-corrected chi connectivity index (χ4v) is 2.50. The number of benzene rings is 1. The average Bonchev–Trinajstić information content (AvgIpc) is 2.45. The summed E-state index contributed by atoms with van der Waals surface area (Å²) in [7, 11) is -4.11. The number of ketones is 1. The lowest BCUT2D eigenvalue weighted by Gasteiger charge is -2.15. The Bertz CT molecular complexity index is 594. The van der Waals surface area contributed by atoms with Crippen molar-refractivity contribution in [3.8, 4) is 0 Å². The molecule has 0 aliphatic carbocycles. The molecule has 0 aliphatic rings. The van der Waals surface area contributed by atoms with Crippen LogP contribution in [0.25, 0.3) is 0 Å². The molecular weight excluding hydrogens is 326 g/mol. The van der Waals surface area contributed by atoms with E-state index in [9.17, 15) is 22.0 Å². The van der Waals surface area contributed by atoms with Crippen LogP contribution in [-0.4, -0.2) is 33.2 Å². The lowest BCUT2D eigenvalue weighted by atomic mass is 10.1. The number of carbonyl (C=O) groups excluding carboxylic acids is 1. The number of halogens is 3. The molecule has 5 nitrogen and oxygen atoms in total. The van der Waals surface area contributed by atoms with Crippen LogP contribution in [-0.2, 0) is 10.0 Å². The number of hydrogen-bond donors (Lipinski definition) is 2. The standard InChI is InChI=1S/C12H16F2N2O3S.ClH/c1-2-11(17)9-4-3-5-10(6-9)20(18,19)16-8-12(13,14)7-15;/h3-6,16H,2,7-8,15H2,1H3;1H. The van der Waals surface area contributed by atoms with E-state index in [2.05, 4.69) is 0 Å². The minimum atomic E-state index is -4.11. The quantitative estimate of drug-likeness (QED) is 0.736. The molecule has 0 unspecified atom stereocenters. The van der Waals surface area contributed by atoms with Crippen LogP contribution in [0, 0.1) is 0 Å². The van der Waals surface area contributed by atoms with Crippen molar-refractivity contribution in [3.05, 3.63) is 29.8 Å². The molecule has 1 rings (SSSR count). The first-order valence-electron chi connectivity index (χ1n) is 5.92. The summed E-state index contributed by atoms with van der Waals surface area (Å²) in [4.78, 5) is 11.3. The van der Waals surface area contributed by atoms with Crippen LogP contribution in [0.4, 0.5) is 8.78 Å². The summed E-state index contributed by atoms with van der Waals surface area (Å²) in [5.41, 5.74) is 5.05. The Kier molecular flexibility index (Phi) is 7.38. The van der Waals surface area contributed by atoms with Crippen LogP contribution < -0.4 is 10.5 Å². The molecule has 1 aromatic carbocycles. The zero-order chi connectivity index (χ0) is 15.4. The van der Waals surface area contributed by atoms with E-state index in [1.807, 2.05) is 0 Å². The Labute approximate surface area is 128 Å². The average molecular weight is 343 g/mol. The minimum absolute atomic E-state index is 0. The molecule has 0 fully saturated rings. The molecule has 0 aromatic heterocycles. The molecule has 0 spiro atoms. The summed E-state index contributed by atoms with van der Waals surface area (Å²) in [6, 6.07) is 5.25. The smallest absolute Gasteiger partial charge is 0.273 e. The Morgan fingerprint density at radius 3 is 2.52 bits per heavy atom. The van der Waals surface area contributed by atoms with E-state index in [1.54, 1.807) is 11.6 Å². The van der Waals surface area contributed by atoms with E-state index in [0.717, 1.165) is 6.07 Å². The summed E-state index contributed by atoms with van der Waals surface area (Å²) in [5.74, 6) is -3.54. The van der Waals surface area contributed by atoms with Gasteiger partial charge in [-0.1, -0.05) is 19.1 Å². The van der Waals surface area contributed by atoms with Crippen molar-refractivity contribution in [2.24, 2.45) is 5.73 Å². The molecule has 0 saturated carbocycles. The summed E-state index contributed by atoms with van der Waals surface area (Å²) >= 11 is 0. The predicted octanol–water partition coefficient (Wildman–Crippen LogP) is 1.57. The third-order valence-corrected chi connectivity index (χ3v) is 4.01. The van der Waals surface area contributed by atoms with Gasteiger partial charge in [-0.25, -0.2) is 21.9 Å². The fraction of sp³-hybridized carbons (Fsp3) is 0.417. The molecule has 0 amide bonds. The van der Waals surface area contributed by atoms with Crippen LogP contribution in [0.1, 0.15) is 23.7 Å². The minimum Gasteiger partial charge on any atom is -0.325 e. The monoisotopic (exact) mass is 342 g/mol. The van der Waals surface area contributed by atoms with Gasteiger partial charge in [0.05, 0.1) is 18.0 Å². The normalized spacial score (nSPS) is 11.8. The second-order valence-corrected chi connectivity index (χ2v) is 5.96. The van der Waals surface area contributed by atoms with Crippen molar-refractivity contribution in [3.63, 3.8) is 0 Å². The predicted molar refractivity (Wildman–Crippen MR) is 77.5 cm³/mol. The molecular formula is C12H17ClF2N2O3S. The molecule has 0 radical (unpaired) electrons. The van der Waals surface area contributed by atoms with Crippen molar-refractivity contribution >= 4 is 28.2 Å². The van der Waals surface area contributed by atoms with E-state index >= 15 is 0 Å². The molecule has 1 aromatic rings. The SMILES string of the molecule is CCC(=O)c1cccc(S(=O)(=O)NCC(F)(F)CN)c1.Cl. The lowest BCUT2D eigenvalue weighted by molar-refractivity contribution is 0.0170. The third kappa shape index (κ3) is 5.66. The van der Waals surface area contributed by atoms with E-state index in [1.165, 1.54) is 18.2 Å². The maximum absolute atomic E-state index is 13.0. The number of nitrogens with one attached hydrogen (secondary N) is 1. The van der Waals surface area contributed by atoms with Crippen molar-refractivity contribution in [1.29, 1.82) is 0 Å². The zero-order valence-electron chi connectivity index (χ0n) is 11.3. The van der Waals surface area contributed by atoms with E-state index in [-0.39, 0.29) is 35.1 Å². The number of alkyl halides is 2. The summed E-state index contributed by atoms with van der Waals surface area (Å²) in [5, 5.41) is 0. The van der Waals surface area contributed by atoms with E-state index in [4.69, 9.17) is 5.73 Å². The van der Waals surface area contributed by atoms with Gasteiger partial charge in [-0.2, -0.15) is 0 Å². The van der Waals surface area contributed by atoms with Crippen LogP contribution in [0.15, 0.2) is 29.2 Å². The van der Waals surface area contributed by atoms with Crippen molar-refractivity contribution in [2.75, 3.05) is 13.1 Å². The van der Waals surface area contributed by atoms with Gasteiger partial charge >= 0.3 is 0 Å². The second-order valence-electron chi connectivity index (χ2n) is 4.19. The molecule has 0 heterocycles. The zero-order valence-corrected chi connectivity index (χ0v) is 12.9. The Morgan fingerprint density at radius 1 is 1.38 bits per heavy atom. The van der Waals surface area contributed by atoms with Crippen LogP contribution in [0.3, 0.4) is 0 Å². The number of sulfonamides is 1. The Morgan fingerprint density at radius 2 is 2.00 bits per heavy atom. The first-order valence-corrected chi connectivity index (χ1v) is 7.41. The van der Waals surface area contributed by atoms with Gasteiger partial charge in [0, 0.05) is 12.0 Å². The maximum Gasteiger partial charge on any atom is 0.273 e. The second kappa shape index (κ2) is 7.79. The summed E-state index contributed by atoms with van der Waals surface area (Å²) in [6.07, 6.45) is 0.224. The number of hydrogen-bond acceptors (Lipinski definition) is 4. The van der Waals surface area contributed by atoms with Crippen molar-refractivity contribution < 1.29 is 22.0 Å². The Hall–Kier alpha value is -1.09. The molecule has 3 N–H and O–H groups in total. The molecule has 0 bridgehead atoms. The van der Waals surface area contributed by atoms with Gasteiger partial charge in [-0.05, 0) is 12.1 Å². The largest absolute Gasteiger partial charge is 0.325 e. The van der Waals surface area contributed by atoms with Crippen molar-refractivity contribution in [2.45, 2.75) is 24.2 Å².